The van der Waals surface area contributed by atoms with Crippen LogP contribution in [0.15, 0.2) is 36.5 Å². The summed E-state index contributed by atoms with van der Waals surface area (Å²) in [4.78, 5) is 11.6. The number of hydrogen-bond acceptors (Lipinski definition) is 3. The first-order chi connectivity index (χ1) is 9.15. The summed E-state index contributed by atoms with van der Waals surface area (Å²) in [6, 6.07) is 9.36. The number of carbonyl (C=O) groups excluding carboxylic acids is 1. The average molecular weight is 259 g/mol. The predicted molar refractivity (Wildman–Crippen MR) is 71.4 cm³/mol. The fourth-order valence-electron chi connectivity index (χ4n) is 1.82. The normalized spacial score (nSPS) is 12.1. The highest BCUT2D eigenvalue weighted by Crippen LogP contribution is 2.13. The van der Waals surface area contributed by atoms with Crippen LogP contribution in [0.3, 0.4) is 0 Å². The van der Waals surface area contributed by atoms with Crippen molar-refractivity contribution < 1.29 is 9.90 Å². The smallest absolute Gasteiger partial charge is 0.226 e. The van der Waals surface area contributed by atoms with E-state index in [-0.39, 0.29) is 18.9 Å². The van der Waals surface area contributed by atoms with Gasteiger partial charge in [0.25, 0.3) is 0 Å². The molecule has 0 fully saturated rings. The molecule has 2 rings (SSSR count). The first kappa shape index (κ1) is 13.3. The molecule has 0 aliphatic rings. The maximum atomic E-state index is 11.6. The zero-order chi connectivity index (χ0) is 13.7. The Kier molecular flexibility index (Phi) is 4.30. The Morgan fingerprint density at radius 2 is 2.32 bits per heavy atom. The summed E-state index contributed by atoms with van der Waals surface area (Å²) in [6.45, 7) is 2.17. The zero-order valence-corrected chi connectivity index (χ0v) is 10.8. The van der Waals surface area contributed by atoms with Crippen LogP contribution in [0.2, 0.25) is 0 Å². The third-order valence-corrected chi connectivity index (χ3v) is 2.83. The van der Waals surface area contributed by atoms with E-state index in [9.17, 15) is 9.90 Å². The summed E-state index contributed by atoms with van der Waals surface area (Å²) in [6.07, 6.45) is 1.15. The Labute approximate surface area is 111 Å². The van der Waals surface area contributed by atoms with Crippen molar-refractivity contribution in [2.24, 2.45) is 0 Å². The molecule has 5 nitrogen and oxygen atoms in total. The van der Waals surface area contributed by atoms with Crippen molar-refractivity contribution in [2.75, 3.05) is 6.54 Å². The van der Waals surface area contributed by atoms with Gasteiger partial charge in [-0.2, -0.15) is 5.10 Å². The fraction of sp³-hybridized carbons (Fsp3) is 0.286. The van der Waals surface area contributed by atoms with Gasteiger partial charge in [0.1, 0.15) is 0 Å². The van der Waals surface area contributed by atoms with E-state index in [1.165, 1.54) is 0 Å². The topological polar surface area (TPSA) is 78.0 Å². The molecule has 0 aliphatic carbocycles. The summed E-state index contributed by atoms with van der Waals surface area (Å²) < 4.78 is 0. The number of aryl methyl sites for hydroxylation is 1. The molecule has 0 spiro atoms. The Morgan fingerprint density at radius 1 is 1.47 bits per heavy atom. The van der Waals surface area contributed by atoms with Crippen LogP contribution in [0.4, 0.5) is 0 Å². The number of amides is 1. The second-order valence-electron chi connectivity index (χ2n) is 4.49. The lowest BCUT2D eigenvalue weighted by atomic mass is 10.1. The van der Waals surface area contributed by atoms with Crippen LogP contribution < -0.4 is 5.32 Å². The number of carbonyl (C=O) groups is 1. The van der Waals surface area contributed by atoms with Gasteiger partial charge in [-0.1, -0.05) is 29.8 Å². The number of aromatic amines is 1. The summed E-state index contributed by atoms with van der Waals surface area (Å²) in [5, 5.41) is 19.2. The van der Waals surface area contributed by atoms with Crippen molar-refractivity contribution in [2.45, 2.75) is 19.4 Å². The van der Waals surface area contributed by atoms with E-state index < -0.39 is 6.10 Å². The number of benzene rings is 1. The minimum absolute atomic E-state index is 0.143. The van der Waals surface area contributed by atoms with Crippen molar-refractivity contribution in [1.29, 1.82) is 0 Å². The number of rotatable bonds is 5. The van der Waals surface area contributed by atoms with Crippen LogP contribution in [0, 0.1) is 6.92 Å². The molecule has 1 aromatic heterocycles. The zero-order valence-electron chi connectivity index (χ0n) is 10.8. The predicted octanol–water partition coefficient (Wildman–Crippen LogP) is 1.11. The number of H-pyrrole nitrogens is 1. The van der Waals surface area contributed by atoms with Gasteiger partial charge in [0.15, 0.2) is 0 Å². The van der Waals surface area contributed by atoms with E-state index in [0.717, 1.165) is 16.8 Å². The quantitative estimate of drug-likeness (QED) is 0.752. The first-order valence-corrected chi connectivity index (χ1v) is 6.15. The Bertz CT molecular complexity index is 537. The number of nitrogens with zero attached hydrogens (tertiary/aromatic N) is 1. The monoisotopic (exact) mass is 259 g/mol. The number of aliphatic hydroxyl groups is 1. The van der Waals surface area contributed by atoms with Gasteiger partial charge in [0.2, 0.25) is 5.91 Å². The van der Waals surface area contributed by atoms with E-state index in [2.05, 4.69) is 15.5 Å². The summed E-state index contributed by atoms with van der Waals surface area (Å²) in [5.74, 6) is -0.143. The van der Waals surface area contributed by atoms with Gasteiger partial charge in [-0.3, -0.25) is 9.89 Å². The Morgan fingerprint density at radius 3 is 3.00 bits per heavy atom. The van der Waals surface area contributed by atoms with E-state index in [0.29, 0.717) is 0 Å². The SMILES string of the molecule is Cc1cccc(C(O)CNC(=O)Cc2ccn[nH]2)c1. The molecule has 100 valence electrons. The van der Waals surface area contributed by atoms with E-state index >= 15 is 0 Å². The maximum Gasteiger partial charge on any atom is 0.226 e. The molecular weight excluding hydrogens is 242 g/mol. The number of aliphatic hydroxyl groups excluding tert-OH is 1. The highest BCUT2D eigenvalue weighted by atomic mass is 16.3. The molecule has 3 N–H and O–H groups in total. The molecule has 1 heterocycles. The van der Waals surface area contributed by atoms with Gasteiger partial charge < -0.3 is 10.4 Å². The van der Waals surface area contributed by atoms with Crippen molar-refractivity contribution in [3.63, 3.8) is 0 Å². The second-order valence-corrected chi connectivity index (χ2v) is 4.49. The third-order valence-electron chi connectivity index (χ3n) is 2.83. The van der Waals surface area contributed by atoms with Gasteiger partial charge in [-0.15, -0.1) is 0 Å². The lowest BCUT2D eigenvalue weighted by Gasteiger charge is -2.12. The Hall–Kier alpha value is -2.14. The van der Waals surface area contributed by atoms with Crippen molar-refractivity contribution in [1.82, 2.24) is 15.5 Å². The van der Waals surface area contributed by atoms with E-state index in [4.69, 9.17) is 0 Å². The molecule has 1 atom stereocenters. The number of hydrogen-bond donors (Lipinski definition) is 3. The van der Waals surface area contributed by atoms with E-state index in [1.807, 2.05) is 31.2 Å². The minimum atomic E-state index is -0.689. The summed E-state index contributed by atoms with van der Waals surface area (Å²) in [7, 11) is 0. The van der Waals surface area contributed by atoms with E-state index in [1.54, 1.807) is 12.3 Å². The molecule has 0 aliphatic heterocycles. The van der Waals surface area contributed by atoms with Gasteiger partial charge in [0, 0.05) is 18.4 Å². The average Bonchev–Trinajstić information content (AvgIpc) is 2.88. The molecule has 1 unspecified atom stereocenters. The molecule has 0 saturated carbocycles. The molecule has 19 heavy (non-hydrogen) atoms. The number of nitrogens with one attached hydrogen (secondary N) is 2. The van der Waals surface area contributed by atoms with Gasteiger partial charge >= 0.3 is 0 Å². The van der Waals surface area contributed by atoms with Crippen LogP contribution in [0.1, 0.15) is 22.9 Å². The highest BCUT2D eigenvalue weighted by molar-refractivity contribution is 5.78. The van der Waals surface area contributed by atoms with Gasteiger partial charge in [-0.25, -0.2) is 0 Å². The molecule has 1 amide bonds. The van der Waals surface area contributed by atoms with Crippen LogP contribution >= 0.6 is 0 Å². The molecule has 0 saturated heterocycles. The van der Waals surface area contributed by atoms with Crippen molar-refractivity contribution >= 4 is 5.91 Å². The van der Waals surface area contributed by atoms with Crippen molar-refractivity contribution in [3.05, 3.63) is 53.3 Å². The maximum absolute atomic E-state index is 11.6. The van der Waals surface area contributed by atoms with Gasteiger partial charge in [0.05, 0.1) is 12.5 Å². The van der Waals surface area contributed by atoms with Crippen LogP contribution in [-0.2, 0) is 11.2 Å². The molecule has 0 radical (unpaired) electrons. The molecule has 1 aromatic carbocycles. The lowest BCUT2D eigenvalue weighted by molar-refractivity contribution is -0.120. The molecule has 5 heteroatoms. The molecular formula is C14H17N3O2. The molecule has 2 aromatic rings. The third kappa shape index (κ3) is 3.93. The fourth-order valence-corrected chi connectivity index (χ4v) is 1.82. The lowest BCUT2D eigenvalue weighted by Crippen LogP contribution is -2.29. The number of aromatic nitrogens is 2. The first-order valence-electron chi connectivity index (χ1n) is 6.15. The standard InChI is InChI=1S/C14H17N3O2/c1-10-3-2-4-11(7-10)13(18)9-15-14(19)8-12-5-6-16-17-12/h2-7,13,18H,8-9H2,1H3,(H,15,19)(H,16,17). The second kappa shape index (κ2) is 6.15. The Balaban J connectivity index is 1.83. The summed E-state index contributed by atoms with van der Waals surface area (Å²) in [5.41, 5.74) is 2.64. The largest absolute Gasteiger partial charge is 0.387 e. The minimum Gasteiger partial charge on any atom is -0.387 e. The summed E-state index contributed by atoms with van der Waals surface area (Å²) >= 11 is 0. The highest BCUT2D eigenvalue weighted by Gasteiger charge is 2.10. The van der Waals surface area contributed by atoms with Crippen LogP contribution in [-0.4, -0.2) is 27.8 Å². The van der Waals surface area contributed by atoms with Crippen LogP contribution in [0.5, 0.6) is 0 Å². The van der Waals surface area contributed by atoms with Crippen molar-refractivity contribution in [3.8, 4) is 0 Å². The van der Waals surface area contributed by atoms with Crippen LogP contribution in [0.25, 0.3) is 0 Å². The molecule has 0 bridgehead atoms. The van der Waals surface area contributed by atoms with Gasteiger partial charge in [-0.05, 0) is 18.6 Å².